The van der Waals surface area contributed by atoms with Gasteiger partial charge in [0, 0.05) is 23.8 Å². The van der Waals surface area contributed by atoms with E-state index < -0.39 is 0 Å². The largest absolute Gasteiger partial charge is 0.399 e. The van der Waals surface area contributed by atoms with Crippen molar-refractivity contribution in [2.75, 3.05) is 29.1 Å². The Bertz CT molecular complexity index is 1540. The van der Waals surface area contributed by atoms with Crippen molar-refractivity contribution >= 4 is 46.1 Å². The quantitative estimate of drug-likeness (QED) is 0.186. The van der Waals surface area contributed by atoms with Crippen molar-refractivity contribution in [1.29, 1.82) is 0 Å². The van der Waals surface area contributed by atoms with Crippen LogP contribution < -0.4 is 26.2 Å². The van der Waals surface area contributed by atoms with Crippen LogP contribution in [0.5, 0.6) is 0 Å². The second-order valence-corrected chi connectivity index (χ2v) is 10.3. The number of fused-ring (bicyclic) bond motifs is 1. The maximum absolute atomic E-state index is 14.0. The van der Waals surface area contributed by atoms with Crippen molar-refractivity contribution in [2.45, 2.75) is 39.4 Å². The third kappa shape index (κ3) is 6.73. The van der Waals surface area contributed by atoms with Crippen LogP contribution in [0.3, 0.4) is 0 Å². The minimum absolute atomic E-state index is 0.172. The SMILES string of the molecule is CN[C@@H](C)C(=O)N[C@H](C)CN(C(=O)c1ccc(N)cc1)c1ccccc1N(C=O)Cc1c(C)ccc2ccccc12. The van der Waals surface area contributed by atoms with E-state index in [4.69, 9.17) is 5.73 Å². The second kappa shape index (κ2) is 13.1. The van der Waals surface area contributed by atoms with E-state index >= 15 is 0 Å². The number of nitrogens with zero attached hydrogens (tertiary/aromatic N) is 2. The second-order valence-electron chi connectivity index (χ2n) is 10.3. The average molecular weight is 552 g/mol. The maximum atomic E-state index is 14.0. The summed E-state index contributed by atoms with van der Waals surface area (Å²) in [5, 5.41) is 8.07. The van der Waals surface area contributed by atoms with Gasteiger partial charge in [0.2, 0.25) is 12.3 Å². The van der Waals surface area contributed by atoms with Crippen LogP contribution in [0.25, 0.3) is 10.8 Å². The highest BCUT2D eigenvalue weighted by Gasteiger charge is 2.26. The lowest BCUT2D eigenvalue weighted by Crippen LogP contribution is -2.49. The fourth-order valence-electron chi connectivity index (χ4n) is 4.83. The first-order valence-corrected chi connectivity index (χ1v) is 13.7. The predicted octanol–water partition coefficient (Wildman–Crippen LogP) is 4.65. The monoisotopic (exact) mass is 551 g/mol. The molecule has 0 aliphatic carbocycles. The minimum atomic E-state index is -0.388. The fourth-order valence-corrected chi connectivity index (χ4v) is 4.83. The van der Waals surface area contributed by atoms with Crippen LogP contribution in [-0.2, 0) is 16.1 Å². The predicted molar refractivity (Wildman–Crippen MR) is 166 cm³/mol. The van der Waals surface area contributed by atoms with Gasteiger partial charge in [0.15, 0.2) is 0 Å². The molecule has 0 saturated carbocycles. The number of aryl methyl sites for hydroxylation is 1. The molecule has 2 atom stereocenters. The Labute approximate surface area is 241 Å². The summed E-state index contributed by atoms with van der Waals surface area (Å²) >= 11 is 0. The molecule has 8 nitrogen and oxygen atoms in total. The third-order valence-corrected chi connectivity index (χ3v) is 7.29. The third-order valence-electron chi connectivity index (χ3n) is 7.29. The Hall–Kier alpha value is -4.69. The zero-order chi connectivity index (χ0) is 29.5. The van der Waals surface area contributed by atoms with E-state index in [1.165, 1.54) is 0 Å². The van der Waals surface area contributed by atoms with E-state index in [1.54, 1.807) is 48.0 Å². The van der Waals surface area contributed by atoms with Crippen molar-refractivity contribution in [2.24, 2.45) is 0 Å². The first-order chi connectivity index (χ1) is 19.7. The van der Waals surface area contributed by atoms with Crippen LogP contribution in [-0.4, -0.2) is 43.9 Å². The number of hydrogen-bond acceptors (Lipinski definition) is 5. The molecule has 3 amide bonds. The standard InChI is InChI=1S/C33H37N5O3/c1-22-13-14-25-9-5-6-10-28(25)29(22)20-37(21-39)30-11-7-8-12-31(30)38(19-23(2)36-32(40)24(3)35-4)33(41)26-15-17-27(34)18-16-26/h5-18,21,23-24,35H,19-20,34H2,1-4H3,(H,36,40)/t23-,24+/m1/s1. The molecule has 0 aliphatic heterocycles. The van der Waals surface area contributed by atoms with E-state index in [1.807, 2.05) is 50.2 Å². The van der Waals surface area contributed by atoms with Gasteiger partial charge in [-0.2, -0.15) is 0 Å². The maximum Gasteiger partial charge on any atom is 0.258 e. The Kier molecular flexibility index (Phi) is 9.37. The van der Waals surface area contributed by atoms with Crippen LogP contribution in [0, 0.1) is 6.92 Å². The highest BCUT2D eigenvalue weighted by Crippen LogP contribution is 2.33. The van der Waals surface area contributed by atoms with Crippen LogP contribution in [0.4, 0.5) is 17.1 Å². The van der Waals surface area contributed by atoms with E-state index in [9.17, 15) is 14.4 Å². The van der Waals surface area contributed by atoms with Gasteiger partial charge in [-0.05, 0) is 86.1 Å². The van der Waals surface area contributed by atoms with Crippen LogP contribution >= 0.6 is 0 Å². The van der Waals surface area contributed by atoms with Crippen molar-refractivity contribution in [3.63, 3.8) is 0 Å². The van der Waals surface area contributed by atoms with Crippen molar-refractivity contribution in [1.82, 2.24) is 10.6 Å². The van der Waals surface area contributed by atoms with Crippen LogP contribution in [0.2, 0.25) is 0 Å². The molecule has 0 unspecified atom stereocenters. The summed E-state index contributed by atoms with van der Waals surface area (Å²) < 4.78 is 0. The molecule has 0 aliphatic rings. The highest BCUT2D eigenvalue weighted by atomic mass is 16.2. The number of carbonyl (C=O) groups excluding carboxylic acids is 3. The molecular weight excluding hydrogens is 514 g/mol. The zero-order valence-electron chi connectivity index (χ0n) is 23.9. The molecule has 4 N–H and O–H groups in total. The summed E-state index contributed by atoms with van der Waals surface area (Å²) in [6.07, 6.45) is 0.797. The number of nitrogen functional groups attached to an aromatic ring is 1. The lowest BCUT2D eigenvalue weighted by molar-refractivity contribution is -0.123. The summed E-state index contributed by atoms with van der Waals surface area (Å²) in [5.41, 5.74) is 10.1. The molecule has 0 saturated heterocycles. The summed E-state index contributed by atoms with van der Waals surface area (Å²) in [6, 6.07) is 25.5. The lowest BCUT2D eigenvalue weighted by Gasteiger charge is -2.31. The summed E-state index contributed by atoms with van der Waals surface area (Å²) in [7, 11) is 1.72. The van der Waals surface area contributed by atoms with E-state index in [0.717, 1.165) is 28.3 Å². The summed E-state index contributed by atoms with van der Waals surface area (Å²) in [5.74, 6) is -0.443. The van der Waals surface area contributed by atoms with Crippen molar-refractivity contribution in [3.05, 3.63) is 102 Å². The molecule has 0 heterocycles. The molecule has 0 spiro atoms. The molecule has 4 aromatic rings. The van der Waals surface area contributed by atoms with Gasteiger partial charge < -0.3 is 26.2 Å². The Balaban J connectivity index is 1.75. The molecule has 41 heavy (non-hydrogen) atoms. The number of anilines is 3. The van der Waals surface area contributed by atoms with Gasteiger partial charge in [0.25, 0.3) is 5.91 Å². The van der Waals surface area contributed by atoms with Gasteiger partial charge in [-0.1, -0.05) is 48.5 Å². The normalized spacial score (nSPS) is 12.4. The molecule has 0 radical (unpaired) electrons. The number of rotatable bonds is 11. The average Bonchev–Trinajstić information content (AvgIpc) is 2.99. The molecule has 4 aromatic carbocycles. The Morgan fingerprint density at radius 3 is 2.24 bits per heavy atom. The van der Waals surface area contributed by atoms with Crippen LogP contribution in [0.15, 0.2) is 84.9 Å². The van der Waals surface area contributed by atoms with Crippen molar-refractivity contribution in [3.8, 4) is 0 Å². The van der Waals surface area contributed by atoms with Gasteiger partial charge in [0.05, 0.1) is 24.0 Å². The minimum Gasteiger partial charge on any atom is -0.399 e. The Morgan fingerprint density at radius 2 is 1.56 bits per heavy atom. The smallest absolute Gasteiger partial charge is 0.258 e. The van der Waals surface area contributed by atoms with E-state index in [2.05, 4.69) is 34.9 Å². The van der Waals surface area contributed by atoms with E-state index in [0.29, 0.717) is 29.2 Å². The Morgan fingerprint density at radius 1 is 0.902 bits per heavy atom. The number of carbonyl (C=O) groups is 3. The number of nitrogens with two attached hydrogens (primary N) is 1. The van der Waals surface area contributed by atoms with Crippen molar-refractivity contribution < 1.29 is 14.4 Å². The van der Waals surface area contributed by atoms with Gasteiger partial charge in [-0.25, -0.2) is 0 Å². The lowest BCUT2D eigenvalue weighted by atomic mass is 9.99. The number of hydrogen-bond donors (Lipinski definition) is 3. The van der Waals surface area contributed by atoms with Gasteiger partial charge >= 0.3 is 0 Å². The van der Waals surface area contributed by atoms with Gasteiger partial charge in [0.1, 0.15) is 0 Å². The van der Waals surface area contributed by atoms with Gasteiger partial charge in [-0.3, -0.25) is 14.4 Å². The number of amides is 3. The molecule has 4 rings (SSSR count). The number of para-hydroxylation sites is 2. The van der Waals surface area contributed by atoms with Crippen LogP contribution in [0.1, 0.15) is 35.3 Å². The molecule has 0 bridgehead atoms. The number of benzene rings is 4. The molecule has 212 valence electrons. The zero-order valence-corrected chi connectivity index (χ0v) is 23.9. The fraction of sp³-hybridized carbons (Fsp3) is 0.242. The van der Waals surface area contributed by atoms with Gasteiger partial charge in [-0.15, -0.1) is 0 Å². The van der Waals surface area contributed by atoms with E-state index in [-0.39, 0.29) is 30.4 Å². The topological polar surface area (TPSA) is 108 Å². The number of likely N-dealkylation sites (N-methyl/N-ethyl adjacent to an activating group) is 1. The number of nitrogens with one attached hydrogen (secondary N) is 2. The molecular formula is C33H37N5O3. The molecule has 0 fully saturated rings. The highest BCUT2D eigenvalue weighted by molar-refractivity contribution is 6.08. The first kappa shape index (κ1) is 29.3. The summed E-state index contributed by atoms with van der Waals surface area (Å²) in [4.78, 5) is 42.4. The molecule has 0 aromatic heterocycles. The molecule has 8 heteroatoms. The summed E-state index contributed by atoms with van der Waals surface area (Å²) in [6.45, 7) is 6.16. The first-order valence-electron chi connectivity index (χ1n) is 13.7.